The Morgan fingerprint density at radius 1 is 1.16 bits per heavy atom. The molecule has 0 unspecified atom stereocenters. The summed E-state index contributed by atoms with van der Waals surface area (Å²) in [5.74, 6) is -0.418. The summed E-state index contributed by atoms with van der Waals surface area (Å²) in [5, 5.41) is 4.83. The number of hydrogen-bond acceptors (Lipinski definition) is 5. The van der Waals surface area contributed by atoms with Gasteiger partial charge in [0.2, 0.25) is 5.91 Å². The molecule has 8 heteroatoms. The second kappa shape index (κ2) is 9.90. The highest BCUT2D eigenvalue weighted by Gasteiger charge is 2.30. The Bertz CT molecular complexity index is 983. The normalized spacial score (nSPS) is 17.3. The molecule has 166 valence electrons. The lowest BCUT2D eigenvalue weighted by atomic mass is 9.94. The van der Waals surface area contributed by atoms with Crippen LogP contribution in [-0.4, -0.2) is 37.0 Å². The molecule has 31 heavy (non-hydrogen) atoms. The third-order valence-electron chi connectivity index (χ3n) is 6.15. The van der Waals surface area contributed by atoms with E-state index in [2.05, 4.69) is 10.2 Å². The largest absolute Gasteiger partial charge is 0.465 e. The summed E-state index contributed by atoms with van der Waals surface area (Å²) < 4.78 is 5.01. The van der Waals surface area contributed by atoms with E-state index in [1.807, 2.05) is 18.2 Å². The molecule has 1 saturated heterocycles. The number of hydrogen-bond donors (Lipinski definition) is 1. The van der Waals surface area contributed by atoms with Gasteiger partial charge in [-0.05, 0) is 74.9 Å². The molecule has 0 saturated carbocycles. The van der Waals surface area contributed by atoms with Crippen LogP contribution in [0.3, 0.4) is 0 Å². The number of methoxy groups -OCH3 is 1. The molecule has 0 atom stereocenters. The van der Waals surface area contributed by atoms with Crippen molar-refractivity contribution in [2.24, 2.45) is 5.92 Å². The number of benzene rings is 1. The average Bonchev–Trinajstić information content (AvgIpc) is 3.14. The van der Waals surface area contributed by atoms with Crippen LogP contribution in [0.4, 0.5) is 5.00 Å². The Hall–Kier alpha value is -1.60. The van der Waals surface area contributed by atoms with Crippen LogP contribution in [0.25, 0.3) is 0 Å². The van der Waals surface area contributed by atoms with E-state index < -0.39 is 0 Å². The summed E-state index contributed by atoms with van der Waals surface area (Å²) in [7, 11) is 1.39. The van der Waals surface area contributed by atoms with Crippen molar-refractivity contribution in [2.75, 3.05) is 25.5 Å². The smallest absolute Gasteiger partial charge is 0.341 e. The summed E-state index contributed by atoms with van der Waals surface area (Å²) in [5.41, 5.74) is 2.74. The highest BCUT2D eigenvalue weighted by atomic mass is 35.5. The van der Waals surface area contributed by atoms with Gasteiger partial charge in [0.05, 0.1) is 22.7 Å². The summed E-state index contributed by atoms with van der Waals surface area (Å²) >= 11 is 13.7. The van der Waals surface area contributed by atoms with Crippen molar-refractivity contribution in [3.05, 3.63) is 49.8 Å². The van der Waals surface area contributed by atoms with Crippen molar-refractivity contribution < 1.29 is 14.3 Å². The monoisotopic (exact) mass is 480 g/mol. The van der Waals surface area contributed by atoms with Crippen LogP contribution in [0.1, 0.15) is 52.0 Å². The van der Waals surface area contributed by atoms with Gasteiger partial charge < -0.3 is 10.1 Å². The van der Waals surface area contributed by atoms with Crippen LogP contribution in [-0.2, 0) is 28.9 Å². The highest BCUT2D eigenvalue weighted by Crippen LogP contribution is 2.39. The van der Waals surface area contributed by atoms with E-state index in [9.17, 15) is 9.59 Å². The van der Waals surface area contributed by atoms with Gasteiger partial charge in [-0.25, -0.2) is 4.79 Å². The number of carbonyl (C=O) groups is 2. The number of aryl methyl sites for hydroxylation is 1. The van der Waals surface area contributed by atoms with Gasteiger partial charge in [0.25, 0.3) is 0 Å². The maximum Gasteiger partial charge on any atom is 0.341 e. The molecular weight excluding hydrogens is 455 g/mol. The zero-order chi connectivity index (χ0) is 22.0. The predicted octanol–water partition coefficient (Wildman–Crippen LogP) is 5.57. The Morgan fingerprint density at radius 2 is 1.90 bits per heavy atom. The maximum absolute atomic E-state index is 13.0. The van der Waals surface area contributed by atoms with Gasteiger partial charge in [-0.15, -0.1) is 11.3 Å². The lowest BCUT2D eigenvalue weighted by molar-refractivity contribution is -0.121. The molecule has 1 amide bonds. The molecule has 2 aromatic rings. The first kappa shape index (κ1) is 22.6. The predicted molar refractivity (Wildman–Crippen MR) is 125 cm³/mol. The molecule has 1 fully saturated rings. The maximum atomic E-state index is 13.0. The Labute approximate surface area is 196 Å². The number of nitrogens with zero attached hydrogens (tertiary/aromatic N) is 1. The minimum atomic E-state index is -0.355. The highest BCUT2D eigenvalue weighted by molar-refractivity contribution is 7.17. The van der Waals surface area contributed by atoms with Crippen molar-refractivity contribution in [2.45, 2.75) is 45.1 Å². The number of anilines is 1. The number of esters is 1. The first-order chi connectivity index (χ1) is 15.0. The van der Waals surface area contributed by atoms with Gasteiger partial charge >= 0.3 is 5.97 Å². The van der Waals surface area contributed by atoms with Crippen molar-refractivity contribution in [3.63, 3.8) is 0 Å². The molecule has 5 nitrogen and oxygen atoms in total. The minimum absolute atomic E-state index is 0.00191. The van der Waals surface area contributed by atoms with Gasteiger partial charge in [0, 0.05) is 17.3 Å². The number of thiophene rings is 1. The number of rotatable bonds is 5. The fourth-order valence-electron chi connectivity index (χ4n) is 4.44. The molecule has 4 rings (SSSR count). The third-order valence-corrected chi connectivity index (χ3v) is 8.09. The molecule has 0 spiro atoms. The topological polar surface area (TPSA) is 58.6 Å². The van der Waals surface area contributed by atoms with Gasteiger partial charge in [-0.1, -0.05) is 29.3 Å². The second-order valence-electron chi connectivity index (χ2n) is 8.19. The third kappa shape index (κ3) is 5.08. The molecule has 1 aromatic carbocycles. The van der Waals surface area contributed by atoms with E-state index in [4.69, 9.17) is 27.9 Å². The lowest BCUT2D eigenvalue weighted by Gasteiger charge is -2.31. The Balaban J connectivity index is 1.38. The molecule has 1 N–H and O–H groups in total. The molecule has 2 heterocycles. The molecule has 2 aliphatic rings. The summed E-state index contributed by atoms with van der Waals surface area (Å²) in [6, 6.07) is 5.70. The van der Waals surface area contributed by atoms with Gasteiger partial charge in [0.15, 0.2) is 0 Å². The minimum Gasteiger partial charge on any atom is -0.465 e. The number of fused-ring (bicyclic) bond motifs is 1. The summed E-state index contributed by atoms with van der Waals surface area (Å²) in [6.07, 6.45) is 5.60. The van der Waals surface area contributed by atoms with Gasteiger partial charge in [-0.3, -0.25) is 9.69 Å². The van der Waals surface area contributed by atoms with E-state index in [0.29, 0.717) is 20.6 Å². The molecule has 0 radical (unpaired) electrons. The Kier molecular flexibility index (Phi) is 7.22. The fraction of sp³-hybridized carbons (Fsp3) is 0.478. The number of piperidine rings is 1. The first-order valence-electron chi connectivity index (χ1n) is 10.7. The standard InChI is InChI=1S/C23H26Cl2N2O3S/c1-30-23(29)20-16-4-2-3-5-19(16)31-22(20)26-21(28)15-8-10-27(11-9-15)13-14-6-7-17(24)18(25)12-14/h6-7,12,15H,2-5,8-11,13H2,1H3,(H,26,28). The zero-order valence-electron chi connectivity index (χ0n) is 17.5. The first-order valence-corrected chi connectivity index (χ1v) is 12.2. The quantitative estimate of drug-likeness (QED) is 0.568. The molecule has 1 aliphatic carbocycles. The number of amides is 1. The average molecular weight is 481 g/mol. The van der Waals surface area contributed by atoms with Crippen LogP contribution in [0.15, 0.2) is 18.2 Å². The number of halogens is 2. The van der Waals surface area contributed by atoms with E-state index in [1.54, 1.807) is 0 Å². The zero-order valence-corrected chi connectivity index (χ0v) is 19.8. The fourth-order valence-corrected chi connectivity index (χ4v) is 6.04. The van der Waals surface area contributed by atoms with Crippen LogP contribution in [0, 0.1) is 5.92 Å². The summed E-state index contributed by atoms with van der Waals surface area (Å²) in [4.78, 5) is 28.9. The van der Waals surface area contributed by atoms with Crippen LogP contribution >= 0.6 is 34.5 Å². The van der Waals surface area contributed by atoms with Crippen LogP contribution in [0.2, 0.25) is 10.0 Å². The number of nitrogens with one attached hydrogen (secondary N) is 1. The molecular formula is C23H26Cl2N2O3S. The Morgan fingerprint density at radius 3 is 2.61 bits per heavy atom. The van der Waals surface area contributed by atoms with E-state index >= 15 is 0 Å². The molecule has 1 aromatic heterocycles. The lowest BCUT2D eigenvalue weighted by Crippen LogP contribution is -2.37. The SMILES string of the molecule is COC(=O)c1c(NC(=O)C2CCN(Cc3ccc(Cl)c(Cl)c3)CC2)sc2c1CCCC2. The van der Waals surface area contributed by atoms with Gasteiger partial charge in [0.1, 0.15) is 5.00 Å². The van der Waals surface area contributed by atoms with Crippen molar-refractivity contribution in [3.8, 4) is 0 Å². The van der Waals surface area contributed by atoms with Crippen LogP contribution in [0.5, 0.6) is 0 Å². The van der Waals surface area contributed by atoms with E-state index in [-0.39, 0.29) is 17.8 Å². The number of ether oxygens (including phenoxy) is 1. The van der Waals surface area contributed by atoms with E-state index in [1.165, 1.54) is 23.3 Å². The number of carbonyl (C=O) groups excluding carboxylic acids is 2. The van der Waals surface area contributed by atoms with Crippen LogP contribution < -0.4 is 5.32 Å². The molecule has 1 aliphatic heterocycles. The summed E-state index contributed by atoms with van der Waals surface area (Å²) in [6.45, 7) is 2.46. The van der Waals surface area contributed by atoms with Crippen molar-refractivity contribution in [1.29, 1.82) is 0 Å². The number of likely N-dealkylation sites (tertiary alicyclic amines) is 1. The molecule has 0 bridgehead atoms. The second-order valence-corrected chi connectivity index (χ2v) is 10.1. The van der Waals surface area contributed by atoms with Crippen molar-refractivity contribution in [1.82, 2.24) is 4.90 Å². The van der Waals surface area contributed by atoms with Gasteiger partial charge in [-0.2, -0.15) is 0 Å². The van der Waals surface area contributed by atoms with Crippen molar-refractivity contribution >= 4 is 51.4 Å². The van der Waals surface area contributed by atoms with E-state index in [0.717, 1.165) is 69.3 Å².